The number of piperazine rings is 1. The second-order valence-electron chi connectivity index (χ2n) is 16.4. The minimum absolute atomic E-state index is 0.000296. The molecule has 11 rings (SSSR count). The largest absolute Gasteiger partial charge is 0.504 e. The summed E-state index contributed by atoms with van der Waals surface area (Å²) in [5, 5.41) is 20.5. The third-order valence-electron chi connectivity index (χ3n) is 13.4. The summed E-state index contributed by atoms with van der Waals surface area (Å²) >= 11 is 1.63. The number of hydrogen-bond donors (Lipinski definition) is 4. The number of benzene rings is 3. The maximum absolute atomic E-state index is 15.0. The molecule has 7 aliphatic rings. The molecule has 2 saturated heterocycles. The number of aromatic amines is 1. The lowest BCUT2D eigenvalue weighted by Gasteiger charge is -2.58. The Morgan fingerprint density at radius 3 is 2.61 bits per heavy atom. The van der Waals surface area contributed by atoms with Gasteiger partial charge in [-0.15, -0.1) is 11.8 Å². The van der Waals surface area contributed by atoms with Crippen molar-refractivity contribution in [2.45, 2.75) is 94.4 Å². The SMILES string of the molecule is COc1ccc2[nH]c3c(c2c1)CCNC31CSC2c3c(OC(C)=O)c(C)c4c(c3C(COC1=O)N1C(C)C3CC(C)c5cc(C)c(OC)c(O)c5C(N3)C21)OCO4. The highest BCUT2D eigenvalue weighted by Gasteiger charge is 2.59. The normalized spacial score (nSPS) is 29.8. The number of thioether (sulfide) groups is 1. The highest BCUT2D eigenvalue weighted by atomic mass is 32.2. The number of nitrogens with one attached hydrogen (secondary N) is 3. The number of aryl methyl sites for hydroxylation is 1. The average molecular weight is 797 g/mol. The number of fused-ring (bicyclic) bond motifs is 11. The molecule has 8 unspecified atom stereocenters. The lowest BCUT2D eigenvalue weighted by molar-refractivity contribution is -0.156. The molecular formula is C43H48N4O9S. The van der Waals surface area contributed by atoms with E-state index in [-0.39, 0.29) is 61.0 Å². The standard InChI is InChI=1S/C43H48N4O9S/c1-18-13-28-21(4)47-29-15-53-42(50)43(41-24(10-11-44-43)26-14-23(51-6)8-9-27(26)46-41)16-57-40(32-31(29)39-38(54-17-55-39)20(3)37(32)56-22(5)48)34(47)33(45-28)30-25(18)12-19(2)36(52-7)35(30)49/h8-9,12,14,18,21,28-29,33-34,40,44-46,49H,10-11,13,15-17H2,1-7H3. The number of nitrogens with zero attached hydrogens (tertiary/aromatic N) is 1. The van der Waals surface area contributed by atoms with Gasteiger partial charge in [0, 0.05) is 70.5 Å². The van der Waals surface area contributed by atoms with Gasteiger partial charge >= 0.3 is 11.9 Å². The van der Waals surface area contributed by atoms with Crippen LogP contribution >= 0.6 is 11.8 Å². The van der Waals surface area contributed by atoms with Crippen LogP contribution in [0, 0.1) is 13.8 Å². The van der Waals surface area contributed by atoms with Gasteiger partial charge in [-0.3, -0.25) is 15.0 Å². The van der Waals surface area contributed by atoms with Gasteiger partial charge in [0.25, 0.3) is 0 Å². The fraction of sp³-hybridized carbons (Fsp3) is 0.488. The molecule has 0 aliphatic carbocycles. The Labute approximate surface area is 335 Å². The van der Waals surface area contributed by atoms with Crippen LogP contribution in [-0.4, -0.2) is 85.0 Å². The van der Waals surface area contributed by atoms with Gasteiger partial charge in [0.05, 0.1) is 37.2 Å². The van der Waals surface area contributed by atoms with Crippen molar-refractivity contribution in [2.75, 3.05) is 39.9 Å². The van der Waals surface area contributed by atoms with Gasteiger partial charge in [-0.2, -0.15) is 0 Å². The molecule has 0 radical (unpaired) electrons. The molecule has 8 heterocycles. The maximum Gasteiger partial charge on any atom is 0.333 e. The predicted molar refractivity (Wildman–Crippen MR) is 213 cm³/mol. The molecule has 14 heteroatoms. The first-order chi connectivity index (χ1) is 27.5. The summed E-state index contributed by atoms with van der Waals surface area (Å²) < 4.78 is 36.7. The maximum atomic E-state index is 15.0. The first kappa shape index (κ1) is 36.7. The van der Waals surface area contributed by atoms with Crippen LogP contribution in [-0.2, 0) is 26.3 Å². The lowest BCUT2D eigenvalue weighted by Crippen LogP contribution is -2.67. The fourth-order valence-corrected chi connectivity index (χ4v) is 12.7. The van der Waals surface area contributed by atoms with Gasteiger partial charge in [-0.25, -0.2) is 4.79 Å². The zero-order valence-corrected chi connectivity index (χ0v) is 34.0. The summed E-state index contributed by atoms with van der Waals surface area (Å²) in [7, 11) is 3.24. The highest BCUT2D eigenvalue weighted by molar-refractivity contribution is 7.99. The molecule has 2 fully saturated rings. The van der Waals surface area contributed by atoms with E-state index >= 15 is 0 Å². The molecule has 1 aromatic heterocycles. The monoisotopic (exact) mass is 796 g/mol. The Morgan fingerprint density at radius 2 is 1.84 bits per heavy atom. The Bertz CT molecular complexity index is 2380. The van der Waals surface area contributed by atoms with Gasteiger partial charge in [0.2, 0.25) is 6.79 Å². The molecule has 1 spiro atoms. The van der Waals surface area contributed by atoms with E-state index in [0.29, 0.717) is 41.5 Å². The van der Waals surface area contributed by atoms with Crippen LogP contribution in [0.3, 0.4) is 0 Å². The van der Waals surface area contributed by atoms with E-state index < -0.39 is 22.8 Å². The summed E-state index contributed by atoms with van der Waals surface area (Å²) in [6.07, 6.45) is 1.54. The number of carbonyl (C=O) groups excluding carboxylic acids is 2. The molecule has 3 aromatic carbocycles. The smallest absolute Gasteiger partial charge is 0.333 e. The Kier molecular flexibility index (Phi) is 8.50. The van der Waals surface area contributed by atoms with E-state index in [1.165, 1.54) is 6.92 Å². The molecule has 0 saturated carbocycles. The Hall–Kier alpha value is -4.63. The summed E-state index contributed by atoms with van der Waals surface area (Å²) in [4.78, 5) is 34.1. The van der Waals surface area contributed by atoms with Gasteiger partial charge in [-0.05, 0) is 74.4 Å². The summed E-state index contributed by atoms with van der Waals surface area (Å²) in [6, 6.07) is 6.85. The van der Waals surface area contributed by atoms with Crippen LogP contribution in [0.25, 0.3) is 10.9 Å². The van der Waals surface area contributed by atoms with Crippen molar-refractivity contribution in [3.63, 3.8) is 0 Å². The number of aromatic hydroxyl groups is 1. The van der Waals surface area contributed by atoms with Gasteiger partial charge in [-0.1, -0.05) is 13.0 Å². The van der Waals surface area contributed by atoms with E-state index in [1.807, 2.05) is 32.0 Å². The topological polar surface area (TPSA) is 153 Å². The van der Waals surface area contributed by atoms with Crippen molar-refractivity contribution < 1.29 is 43.1 Å². The van der Waals surface area contributed by atoms with Crippen LogP contribution < -0.4 is 34.3 Å². The first-order valence-corrected chi connectivity index (χ1v) is 20.8. The van der Waals surface area contributed by atoms with E-state index in [0.717, 1.165) is 62.1 Å². The highest BCUT2D eigenvalue weighted by Crippen LogP contribution is 2.63. The van der Waals surface area contributed by atoms with Crippen LogP contribution in [0.2, 0.25) is 0 Å². The van der Waals surface area contributed by atoms with Crippen molar-refractivity contribution >= 4 is 34.6 Å². The van der Waals surface area contributed by atoms with Crippen molar-refractivity contribution in [3.05, 3.63) is 68.9 Å². The number of phenols is 1. The number of ether oxygens (including phenoxy) is 6. The van der Waals surface area contributed by atoms with Crippen LogP contribution in [0.15, 0.2) is 24.3 Å². The van der Waals surface area contributed by atoms with Gasteiger partial charge in [0.15, 0.2) is 28.5 Å². The van der Waals surface area contributed by atoms with E-state index in [9.17, 15) is 14.7 Å². The number of carbonyl (C=O) groups is 2. The molecule has 4 bridgehead atoms. The summed E-state index contributed by atoms with van der Waals surface area (Å²) in [5.41, 5.74) is 6.58. The predicted octanol–water partition coefficient (Wildman–Crippen LogP) is 5.87. The molecular weight excluding hydrogens is 749 g/mol. The molecule has 0 amide bonds. The van der Waals surface area contributed by atoms with Gasteiger partial charge in [0.1, 0.15) is 18.1 Å². The third-order valence-corrected chi connectivity index (χ3v) is 14.9. The zero-order valence-electron chi connectivity index (χ0n) is 33.2. The first-order valence-electron chi connectivity index (χ1n) is 19.8. The quantitative estimate of drug-likeness (QED) is 0.145. The zero-order chi connectivity index (χ0) is 39.7. The fourth-order valence-electron chi connectivity index (χ4n) is 11.0. The number of phenolic OH excluding ortho intramolecular Hbond substituents is 1. The van der Waals surface area contributed by atoms with Crippen molar-refractivity contribution in [1.29, 1.82) is 0 Å². The molecule has 7 aliphatic heterocycles. The van der Waals surface area contributed by atoms with E-state index in [4.69, 9.17) is 28.4 Å². The van der Waals surface area contributed by atoms with Gasteiger partial charge < -0.3 is 43.8 Å². The lowest BCUT2D eigenvalue weighted by atomic mass is 9.77. The second kappa shape index (κ2) is 13.2. The summed E-state index contributed by atoms with van der Waals surface area (Å²) in [6.45, 7) is 10.3. The second-order valence-corrected chi connectivity index (χ2v) is 17.5. The third kappa shape index (κ3) is 5.12. The molecule has 300 valence electrons. The number of H-pyrrole nitrogens is 1. The van der Waals surface area contributed by atoms with Crippen LogP contribution in [0.5, 0.6) is 34.5 Å². The number of methoxy groups -OCH3 is 2. The molecule has 4 aromatic rings. The molecule has 57 heavy (non-hydrogen) atoms. The average Bonchev–Trinajstić information content (AvgIpc) is 3.81. The number of esters is 2. The Balaban J connectivity index is 1.23. The van der Waals surface area contributed by atoms with Crippen molar-refractivity contribution in [3.8, 4) is 34.5 Å². The van der Waals surface area contributed by atoms with E-state index in [1.54, 1.807) is 26.0 Å². The molecule has 13 nitrogen and oxygen atoms in total. The Morgan fingerprint density at radius 1 is 1.04 bits per heavy atom. The van der Waals surface area contributed by atoms with Crippen molar-refractivity contribution in [2.24, 2.45) is 0 Å². The minimum atomic E-state index is -1.23. The number of aromatic nitrogens is 1. The summed E-state index contributed by atoms with van der Waals surface area (Å²) in [5.74, 6) is 2.46. The molecule has 8 atom stereocenters. The van der Waals surface area contributed by atoms with Crippen molar-refractivity contribution in [1.82, 2.24) is 20.5 Å². The van der Waals surface area contributed by atoms with E-state index in [2.05, 4.69) is 40.4 Å². The number of hydrogen-bond acceptors (Lipinski definition) is 13. The number of rotatable bonds is 3. The minimum Gasteiger partial charge on any atom is -0.504 e. The van der Waals surface area contributed by atoms with Crippen LogP contribution in [0.4, 0.5) is 0 Å². The molecule has 4 N–H and O–H groups in total. The van der Waals surface area contributed by atoms with Crippen LogP contribution in [0.1, 0.15) is 95.1 Å².